The van der Waals surface area contributed by atoms with E-state index in [2.05, 4.69) is 4.72 Å². The van der Waals surface area contributed by atoms with Crippen molar-refractivity contribution in [3.05, 3.63) is 59.2 Å². The number of alkyl halides is 3. The second-order valence-electron chi connectivity index (χ2n) is 5.44. The molecule has 0 aliphatic heterocycles. The minimum absolute atomic E-state index is 0.280. The summed E-state index contributed by atoms with van der Waals surface area (Å²) in [5.74, 6) is 0. The molecule has 1 N–H and O–H groups in total. The van der Waals surface area contributed by atoms with Crippen molar-refractivity contribution in [2.75, 3.05) is 4.72 Å². The minimum atomic E-state index is -4.73. The molecule has 23 heavy (non-hydrogen) atoms. The van der Waals surface area contributed by atoms with Gasteiger partial charge in [0, 0.05) is 5.69 Å². The number of hydrogen-bond acceptors (Lipinski definition) is 2. The molecule has 0 aromatic heterocycles. The van der Waals surface area contributed by atoms with Crippen LogP contribution in [0.15, 0.2) is 47.4 Å². The number of halogens is 3. The van der Waals surface area contributed by atoms with Crippen LogP contribution in [-0.4, -0.2) is 8.42 Å². The predicted octanol–water partition coefficient (Wildman–Crippen LogP) is 3.99. The first kappa shape index (κ1) is 15.9. The molecule has 2 aromatic carbocycles. The Balaban J connectivity index is 1.97. The van der Waals surface area contributed by atoms with Gasteiger partial charge in [-0.2, -0.15) is 13.2 Å². The zero-order valence-corrected chi connectivity index (χ0v) is 12.8. The highest BCUT2D eigenvalue weighted by Crippen LogP contribution is 2.35. The summed E-state index contributed by atoms with van der Waals surface area (Å²) >= 11 is 0. The monoisotopic (exact) mass is 341 g/mol. The number of benzene rings is 2. The Morgan fingerprint density at radius 1 is 0.957 bits per heavy atom. The molecule has 0 bridgehead atoms. The van der Waals surface area contributed by atoms with Gasteiger partial charge >= 0.3 is 6.18 Å². The topological polar surface area (TPSA) is 46.2 Å². The molecule has 0 spiro atoms. The highest BCUT2D eigenvalue weighted by Gasteiger charge is 2.36. The second-order valence-corrected chi connectivity index (χ2v) is 7.09. The lowest BCUT2D eigenvalue weighted by atomic mass is 10.1. The van der Waals surface area contributed by atoms with Crippen molar-refractivity contribution in [3.8, 4) is 0 Å². The van der Waals surface area contributed by atoms with Crippen molar-refractivity contribution in [1.29, 1.82) is 0 Å². The number of aryl methyl sites for hydroxylation is 2. The summed E-state index contributed by atoms with van der Waals surface area (Å²) in [5, 5.41) is 0. The van der Waals surface area contributed by atoms with Crippen LogP contribution >= 0.6 is 0 Å². The molecule has 122 valence electrons. The lowest BCUT2D eigenvalue weighted by molar-refractivity contribution is -0.139. The van der Waals surface area contributed by atoms with Gasteiger partial charge in [-0.25, -0.2) is 8.42 Å². The van der Waals surface area contributed by atoms with Gasteiger partial charge < -0.3 is 0 Å². The number of anilines is 1. The fourth-order valence-corrected chi connectivity index (χ4v) is 4.06. The zero-order valence-electron chi connectivity index (χ0n) is 12.0. The van der Waals surface area contributed by atoms with Crippen LogP contribution in [0, 0.1) is 0 Å². The van der Waals surface area contributed by atoms with Crippen molar-refractivity contribution in [1.82, 2.24) is 0 Å². The standard InChI is InChI=1S/C16H14F3NO2S/c17-16(18,19)14-6-1-2-7-15(14)23(21,22)20-13-9-8-11-4-3-5-12(11)10-13/h1-2,6-10,20H,3-5H2. The van der Waals surface area contributed by atoms with Gasteiger partial charge in [-0.3, -0.25) is 4.72 Å². The molecule has 0 radical (unpaired) electrons. The maximum Gasteiger partial charge on any atom is 0.417 e. The summed E-state index contributed by atoms with van der Waals surface area (Å²) in [7, 11) is -4.31. The highest BCUT2D eigenvalue weighted by molar-refractivity contribution is 7.92. The highest BCUT2D eigenvalue weighted by atomic mass is 32.2. The second kappa shape index (κ2) is 5.56. The third kappa shape index (κ3) is 3.19. The molecule has 0 fully saturated rings. The summed E-state index contributed by atoms with van der Waals surface area (Å²) in [6.07, 6.45) is -1.94. The van der Waals surface area contributed by atoms with E-state index < -0.39 is 26.7 Å². The van der Waals surface area contributed by atoms with Gasteiger partial charge in [0.25, 0.3) is 10.0 Å². The van der Waals surface area contributed by atoms with E-state index in [9.17, 15) is 21.6 Å². The van der Waals surface area contributed by atoms with Crippen molar-refractivity contribution < 1.29 is 21.6 Å². The number of nitrogens with one attached hydrogen (secondary N) is 1. The lowest BCUT2D eigenvalue weighted by Crippen LogP contribution is -2.19. The quantitative estimate of drug-likeness (QED) is 0.917. The Kier molecular flexibility index (Phi) is 3.83. The molecule has 7 heteroatoms. The fraction of sp³-hybridized carbons (Fsp3) is 0.250. The molecule has 0 atom stereocenters. The average Bonchev–Trinajstić information content (AvgIpc) is 2.93. The largest absolute Gasteiger partial charge is 0.417 e. The van der Waals surface area contributed by atoms with Crippen LogP contribution in [0.5, 0.6) is 0 Å². The lowest BCUT2D eigenvalue weighted by Gasteiger charge is -2.14. The van der Waals surface area contributed by atoms with Gasteiger partial charge in [-0.05, 0) is 54.7 Å². The van der Waals surface area contributed by atoms with Gasteiger partial charge in [0.1, 0.15) is 0 Å². The summed E-state index contributed by atoms with van der Waals surface area (Å²) < 4.78 is 66.0. The number of sulfonamides is 1. The third-order valence-corrected chi connectivity index (χ3v) is 5.27. The molecule has 3 nitrogen and oxygen atoms in total. The Labute approximate surface area is 132 Å². The van der Waals surface area contributed by atoms with E-state index in [4.69, 9.17) is 0 Å². The third-order valence-electron chi connectivity index (χ3n) is 3.83. The summed E-state index contributed by atoms with van der Waals surface area (Å²) in [4.78, 5) is -0.770. The van der Waals surface area contributed by atoms with E-state index in [-0.39, 0.29) is 5.69 Å². The molecule has 1 aliphatic carbocycles. The first-order chi connectivity index (χ1) is 10.8. The van der Waals surface area contributed by atoms with Crippen molar-refractivity contribution in [3.63, 3.8) is 0 Å². The minimum Gasteiger partial charge on any atom is -0.280 e. The van der Waals surface area contributed by atoms with Gasteiger partial charge in [-0.15, -0.1) is 0 Å². The summed E-state index contributed by atoms with van der Waals surface area (Å²) in [6.45, 7) is 0. The molecule has 0 unspecified atom stereocenters. The molecular weight excluding hydrogens is 327 g/mol. The van der Waals surface area contributed by atoms with E-state index in [0.29, 0.717) is 0 Å². The van der Waals surface area contributed by atoms with Gasteiger partial charge in [-0.1, -0.05) is 18.2 Å². The number of fused-ring (bicyclic) bond motifs is 1. The van der Waals surface area contributed by atoms with E-state index >= 15 is 0 Å². The first-order valence-electron chi connectivity index (χ1n) is 7.08. The van der Waals surface area contributed by atoms with Crippen LogP contribution in [0.2, 0.25) is 0 Å². The number of rotatable bonds is 3. The number of hydrogen-bond donors (Lipinski definition) is 1. The molecule has 0 saturated heterocycles. The zero-order chi connectivity index (χ0) is 16.7. The Bertz CT molecular complexity index is 845. The Hall–Kier alpha value is -2.02. The fourth-order valence-electron chi connectivity index (χ4n) is 2.78. The van der Waals surface area contributed by atoms with Crippen LogP contribution in [0.1, 0.15) is 23.1 Å². The summed E-state index contributed by atoms with van der Waals surface area (Å²) in [5.41, 5.74) is 1.30. The van der Waals surface area contributed by atoms with Crippen molar-refractivity contribution in [2.45, 2.75) is 30.3 Å². The molecule has 0 amide bonds. The summed E-state index contributed by atoms with van der Waals surface area (Å²) in [6, 6.07) is 9.24. The normalized spacial score (nSPS) is 14.6. The molecule has 2 aromatic rings. The first-order valence-corrected chi connectivity index (χ1v) is 8.56. The van der Waals surface area contributed by atoms with Crippen LogP contribution in [0.4, 0.5) is 18.9 Å². The van der Waals surface area contributed by atoms with E-state index in [0.717, 1.165) is 48.6 Å². The van der Waals surface area contributed by atoms with Gasteiger partial charge in [0.05, 0.1) is 10.5 Å². The van der Waals surface area contributed by atoms with Crippen LogP contribution in [-0.2, 0) is 29.0 Å². The maximum absolute atomic E-state index is 13.0. The van der Waals surface area contributed by atoms with E-state index in [1.165, 1.54) is 6.07 Å². The Morgan fingerprint density at radius 3 is 2.39 bits per heavy atom. The van der Waals surface area contributed by atoms with E-state index in [1.807, 2.05) is 6.07 Å². The molecule has 0 heterocycles. The SMILES string of the molecule is O=S(=O)(Nc1ccc2c(c1)CCC2)c1ccccc1C(F)(F)F. The smallest absolute Gasteiger partial charge is 0.280 e. The Morgan fingerprint density at radius 2 is 1.65 bits per heavy atom. The van der Waals surface area contributed by atoms with Crippen LogP contribution < -0.4 is 4.72 Å². The van der Waals surface area contributed by atoms with Crippen LogP contribution in [0.3, 0.4) is 0 Å². The molecule has 0 saturated carbocycles. The van der Waals surface area contributed by atoms with E-state index in [1.54, 1.807) is 12.1 Å². The molecular formula is C16H14F3NO2S. The molecule has 3 rings (SSSR count). The van der Waals surface area contributed by atoms with Gasteiger partial charge in [0.15, 0.2) is 0 Å². The van der Waals surface area contributed by atoms with Crippen LogP contribution in [0.25, 0.3) is 0 Å². The maximum atomic E-state index is 13.0. The van der Waals surface area contributed by atoms with Gasteiger partial charge in [0.2, 0.25) is 0 Å². The predicted molar refractivity (Wildman–Crippen MR) is 80.7 cm³/mol. The van der Waals surface area contributed by atoms with Crippen molar-refractivity contribution in [2.24, 2.45) is 0 Å². The van der Waals surface area contributed by atoms with Crippen molar-refractivity contribution >= 4 is 15.7 Å². The average molecular weight is 341 g/mol. The molecule has 1 aliphatic rings.